The summed E-state index contributed by atoms with van der Waals surface area (Å²) in [6.45, 7) is -0.00644. The van der Waals surface area contributed by atoms with Crippen molar-refractivity contribution in [2.24, 2.45) is 0 Å². The van der Waals surface area contributed by atoms with E-state index in [1.54, 1.807) is 6.07 Å². The largest absolute Gasteiger partial charge is 0.454 e. The Bertz CT molecular complexity index is 1060. The lowest BCUT2D eigenvalue weighted by molar-refractivity contribution is -0.304. The van der Waals surface area contributed by atoms with Gasteiger partial charge in [0.25, 0.3) is 6.17 Å². The molecule has 3 rings (SSSR count). The molecule has 0 spiro atoms. The molecule has 0 fully saturated rings. The number of carbonyl (C=O) groups is 1. The lowest BCUT2D eigenvalue weighted by atomic mass is 10.0. The summed E-state index contributed by atoms with van der Waals surface area (Å²) in [5.41, 5.74) is 0.0190. The Balaban J connectivity index is 1.77. The summed E-state index contributed by atoms with van der Waals surface area (Å²) in [6.07, 6.45) is -14.3. The summed E-state index contributed by atoms with van der Waals surface area (Å²) >= 11 is 0. The number of halogens is 6. The number of ether oxygens (including phenoxy) is 3. The number of carbonyl (C=O) groups excluding carboxylic acids is 1. The van der Waals surface area contributed by atoms with Crippen molar-refractivity contribution < 1.29 is 45.3 Å². The SMILES string of the molecule is N#C/C(=C\c1ccc(OC(F)(F)C(F)C(F)(F)F)cc1)C(=O)c1ccc2c(c1)OCO2. The second kappa shape index (κ2) is 8.22. The van der Waals surface area contributed by atoms with Gasteiger partial charge in [-0.05, 0) is 42.0 Å². The van der Waals surface area contributed by atoms with Gasteiger partial charge < -0.3 is 14.2 Å². The summed E-state index contributed by atoms with van der Waals surface area (Å²) in [7, 11) is 0. The van der Waals surface area contributed by atoms with Crippen molar-refractivity contribution >= 4 is 11.9 Å². The smallest absolute Gasteiger partial charge is 0.439 e. The number of allylic oxidation sites excluding steroid dienone is 1. The van der Waals surface area contributed by atoms with Crippen LogP contribution in [0, 0.1) is 11.3 Å². The van der Waals surface area contributed by atoms with Crippen LogP contribution < -0.4 is 14.2 Å². The van der Waals surface area contributed by atoms with Crippen LogP contribution in [0.2, 0.25) is 0 Å². The fraction of sp³-hybridized carbons (Fsp3) is 0.200. The van der Waals surface area contributed by atoms with Gasteiger partial charge in [0.15, 0.2) is 11.5 Å². The molecule has 0 amide bonds. The number of alkyl halides is 6. The highest BCUT2D eigenvalue weighted by Crippen LogP contribution is 2.37. The predicted molar refractivity (Wildman–Crippen MR) is 93.5 cm³/mol. The van der Waals surface area contributed by atoms with Crippen LogP contribution in [0.3, 0.4) is 0 Å². The second-order valence-corrected chi connectivity index (χ2v) is 6.20. The average Bonchev–Trinajstić information content (AvgIpc) is 3.19. The molecule has 0 saturated carbocycles. The molecule has 0 saturated heterocycles. The van der Waals surface area contributed by atoms with Crippen molar-refractivity contribution in [3.05, 3.63) is 59.2 Å². The number of nitriles is 1. The van der Waals surface area contributed by atoms with Crippen molar-refractivity contribution in [1.82, 2.24) is 0 Å². The molecule has 1 unspecified atom stereocenters. The molecule has 2 aromatic rings. The normalized spacial score (nSPS) is 14.7. The fourth-order valence-corrected chi connectivity index (χ4v) is 2.54. The average molecular weight is 443 g/mol. The minimum absolute atomic E-state index is 0.00644. The van der Waals surface area contributed by atoms with E-state index in [0.717, 1.165) is 30.3 Å². The zero-order valence-electron chi connectivity index (χ0n) is 15.3. The second-order valence-electron chi connectivity index (χ2n) is 6.20. The first-order valence-corrected chi connectivity index (χ1v) is 8.45. The minimum Gasteiger partial charge on any atom is -0.454 e. The van der Waals surface area contributed by atoms with E-state index < -0.39 is 30.0 Å². The van der Waals surface area contributed by atoms with Crippen LogP contribution in [0.4, 0.5) is 26.3 Å². The molecule has 0 aromatic heterocycles. The molecule has 0 N–H and O–H groups in total. The van der Waals surface area contributed by atoms with Gasteiger partial charge in [-0.3, -0.25) is 4.79 Å². The molecule has 1 aliphatic rings. The number of fused-ring (bicyclic) bond motifs is 1. The Morgan fingerprint density at radius 1 is 1.06 bits per heavy atom. The molecule has 1 atom stereocenters. The van der Waals surface area contributed by atoms with Crippen molar-refractivity contribution in [1.29, 1.82) is 5.26 Å². The third kappa shape index (κ3) is 4.91. The zero-order valence-corrected chi connectivity index (χ0v) is 15.3. The molecule has 5 nitrogen and oxygen atoms in total. The standard InChI is InChI=1S/C20H11F6NO4/c21-18(19(22,23)24)20(25,26)31-14-4-1-11(2-5-14)7-13(9-27)17(28)12-3-6-15-16(8-12)30-10-29-15/h1-8,18H,10H2/b13-7+. The van der Waals surface area contributed by atoms with Crippen molar-refractivity contribution in [2.75, 3.05) is 6.79 Å². The van der Waals surface area contributed by atoms with Crippen LogP contribution in [0.25, 0.3) is 6.08 Å². The molecule has 2 aromatic carbocycles. The molecular formula is C20H11F6NO4. The molecule has 0 bridgehead atoms. The maximum atomic E-state index is 13.3. The van der Waals surface area contributed by atoms with Crippen molar-refractivity contribution in [3.63, 3.8) is 0 Å². The van der Waals surface area contributed by atoms with E-state index in [9.17, 15) is 36.4 Å². The molecule has 1 aliphatic heterocycles. The molecule has 0 radical (unpaired) electrons. The van der Waals surface area contributed by atoms with E-state index in [0.29, 0.717) is 11.5 Å². The summed E-state index contributed by atoms with van der Waals surface area (Å²) in [5.74, 6) is -0.629. The highest BCUT2D eigenvalue weighted by molar-refractivity contribution is 6.14. The highest BCUT2D eigenvalue weighted by Gasteiger charge is 2.59. The topological polar surface area (TPSA) is 68.5 Å². The maximum absolute atomic E-state index is 13.3. The summed E-state index contributed by atoms with van der Waals surface area (Å²) in [4.78, 5) is 12.5. The van der Waals surface area contributed by atoms with Crippen molar-refractivity contribution in [3.8, 4) is 23.3 Å². The zero-order chi connectivity index (χ0) is 22.8. The van der Waals surface area contributed by atoms with Gasteiger partial charge in [-0.1, -0.05) is 12.1 Å². The molecule has 11 heteroatoms. The lowest BCUT2D eigenvalue weighted by Crippen LogP contribution is -2.45. The number of benzene rings is 2. The molecule has 162 valence electrons. The third-order valence-electron chi connectivity index (χ3n) is 4.03. The van der Waals surface area contributed by atoms with Gasteiger partial charge in [0, 0.05) is 5.56 Å². The Kier molecular flexibility index (Phi) is 5.83. The molecule has 1 heterocycles. The lowest BCUT2D eigenvalue weighted by Gasteiger charge is -2.23. The minimum atomic E-state index is -5.80. The van der Waals surface area contributed by atoms with E-state index in [1.807, 2.05) is 0 Å². The Labute approximate surface area is 171 Å². The first-order valence-electron chi connectivity index (χ1n) is 8.45. The van der Waals surface area contributed by atoms with E-state index in [2.05, 4.69) is 4.74 Å². The van der Waals surface area contributed by atoms with Gasteiger partial charge in [0.05, 0.1) is 0 Å². The predicted octanol–water partition coefficient (Wildman–Crippen LogP) is 5.08. The van der Waals surface area contributed by atoms with Gasteiger partial charge in [0.2, 0.25) is 12.6 Å². The van der Waals surface area contributed by atoms with Gasteiger partial charge in [0.1, 0.15) is 17.4 Å². The number of ketones is 1. The van der Waals surface area contributed by atoms with Crippen LogP contribution >= 0.6 is 0 Å². The van der Waals surface area contributed by atoms with Gasteiger partial charge in [-0.25, -0.2) is 4.39 Å². The molecule has 31 heavy (non-hydrogen) atoms. The van der Waals surface area contributed by atoms with Crippen LogP contribution in [0.15, 0.2) is 48.0 Å². The van der Waals surface area contributed by atoms with Gasteiger partial charge in [-0.15, -0.1) is 0 Å². The van der Waals surface area contributed by atoms with E-state index in [4.69, 9.17) is 9.47 Å². The third-order valence-corrected chi connectivity index (χ3v) is 4.03. The van der Waals surface area contributed by atoms with Crippen LogP contribution in [0.1, 0.15) is 15.9 Å². The Morgan fingerprint density at radius 3 is 2.32 bits per heavy atom. The first-order chi connectivity index (χ1) is 14.5. The van der Waals surface area contributed by atoms with Gasteiger partial charge >= 0.3 is 12.3 Å². The van der Waals surface area contributed by atoms with E-state index in [-0.39, 0.29) is 23.5 Å². The number of hydrogen-bond donors (Lipinski definition) is 0. The summed E-state index contributed by atoms with van der Waals surface area (Å²) in [6, 6.07) is 9.94. The number of rotatable bonds is 6. The fourth-order valence-electron chi connectivity index (χ4n) is 2.54. The molecule has 0 aliphatic carbocycles. The monoisotopic (exact) mass is 443 g/mol. The molecular weight excluding hydrogens is 432 g/mol. The van der Waals surface area contributed by atoms with Crippen molar-refractivity contribution in [2.45, 2.75) is 18.5 Å². The highest BCUT2D eigenvalue weighted by atomic mass is 19.4. The Hall–Kier alpha value is -3.68. The Morgan fingerprint density at radius 2 is 1.71 bits per heavy atom. The maximum Gasteiger partial charge on any atom is 0.439 e. The van der Waals surface area contributed by atoms with Crippen LogP contribution in [0.5, 0.6) is 17.2 Å². The van der Waals surface area contributed by atoms with E-state index >= 15 is 0 Å². The summed E-state index contributed by atoms with van der Waals surface area (Å²) < 4.78 is 90.1. The quantitative estimate of drug-likeness (QED) is 0.270. The number of nitrogens with zero attached hydrogens (tertiary/aromatic N) is 1. The van der Waals surface area contributed by atoms with Crippen LogP contribution in [-0.2, 0) is 0 Å². The number of hydrogen-bond acceptors (Lipinski definition) is 5. The van der Waals surface area contributed by atoms with E-state index in [1.165, 1.54) is 18.2 Å². The number of Topliss-reactive ketones (excluding diaryl/α,β-unsaturated/α-hetero) is 1. The van der Waals surface area contributed by atoms with Crippen LogP contribution in [-0.4, -0.2) is 31.0 Å². The van der Waals surface area contributed by atoms with Gasteiger partial charge in [-0.2, -0.15) is 27.2 Å². The first kappa shape index (κ1) is 22.0. The summed E-state index contributed by atoms with van der Waals surface area (Å²) in [5, 5.41) is 9.29.